The quantitative estimate of drug-likeness (QED) is 0.507. The van der Waals surface area contributed by atoms with Gasteiger partial charge in [0.05, 0.1) is 13.2 Å². The highest BCUT2D eigenvalue weighted by Crippen LogP contribution is 2.29. The third kappa shape index (κ3) is 5.23. The number of fused-ring (bicyclic) bond motifs is 1. The lowest BCUT2D eigenvalue weighted by Crippen LogP contribution is -2.37. The van der Waals surface area contributed by atoms with Crippen molar-refractivity contribution in [2.75, 3.05) is 13.2 Å². The zero-order valence-corrected chi connectivity index (χ0v) is 17.8. The van der Waals surface area contributed by atoms with Gasteiger partial charge in [-0.2, -0.15) is 0 Å². The molecule has 0 saturated heterocycles. The van der Waals surface area contributed by atoms with Crippen molar-refractivity contribution in [2.45, 2.75) is 39.8 Å². The number of benzene rings is 3. The summed E-state index contributed by atoms with van der Waals surface area (Å²) in [6, 6.07) is 19.6. The Balaban J connectivity index is 1.67. The Morgan fingerprint density at radius 1 is 0.867 bits per heavy atom. The molecule has 5 heteroatoms. The topological polar surface area (TPSA) is 56.8 Å². The maximum atomic E-state index is 12.8. The number of ether oxygens (including phenoxy) is 3. The van der Waals surface area contributed by atoms with Crippen LogP contribution in [0.15, 0.2) is 60.7 Å². The number of hydrogen-bond acceptors (Lipinski definition) is 4. The monoisotopic (exact) mass is 407 g/mol. The molecule has 1 atom stereocenters. The van der Waals surface area contributed by atoms with Crippen molar-refractivity contribution in [1.82, 2.24) is 5.32 Å². The van der Waals surface area contributed by atoms with E-state index in [1.165, 1.54) is 0 Å². The Hall–Kier alpha value is -3.21. The molecule has 0 aliphatic carbocycles. The molecular formula is C25H29NO4. The molecule has 0 saturated carbocycles. The lowest BCUT2D eigenvalue weighted by atomic mass is 10.1. The Labute approximate surface area is 178 Å². The van der Waals surface area contributed by atoms with Crippen molar-refractivity contribution in [3.8, 4) is 17.2 Å². The van der Waals surface area contributed by atoms with Crippen molar-refractivity contribution in [3.05, 3.63) is 66.2 Å². The first-order chi connectivity index (χ1) is 14.7. The van der Waals surface area contributed by atoms with Crippen LogP contribution in [0.2, 0.25) is 0 Å². The summed E-state index contributed by atoms with van der Waals surface area (Å²) in [6.07, 6.45) is 0.00701. The molecule has 3 rings (SSSR count). The van der Waals surface area contributed by atoms with Crippen molar-refractivity contribution in [2.24, 2.45) is 0 Å². The fraction of sp³-hybridized carbons (Fsp3) is 0.320. The van der Waals surface area contributed by atoms with E-state index >= 15 is 0 Å². The lowest BCUT2D eigenvalue weighted by Gasteiger charge is -2.19. The molecule has 3 aromatic carbocycles. The van der Waals surface area contributed by atoms with E-state index in [1.54, 1.807) is 0 Å². The van der Waals surface area contributed by atoms with Crippen molar-refractivity contribution >= 4 is 16.7 Å². The van der Waals surface area contributed by atoms with Crippen LogP contribution in [-0.2, 0) is 11.3 Å². The van der Waals surface area contributed by atoms with E-state index in [0.29, 0.717) is 37.7 Å². The number of carbonyl (C=O) groups is 1. The van der Waals surface area contributed by atoms with Gasteiger partial charge in [-0.15, -0.1) is 0 Å². The Morgan fingerprint density at radius 2 is 1.60 bits per heavy atom. The zero-order valence-electron chi connectivity index (χ0n) is 17.8. The summed E-state index contributed by atoms with van der Waals surface area (Å²) in [5, 5.41) is 5.06. The van der Waals surface area contributed by atoms with Crippen LogP contribution < -0.4 is 19.5 Å². The standard InChI is InChI=1S/C25H29NO4/c1-4-21(30-22-13-9-11-19-10-7-8-12-20(19)22)25(27)26-17-18-14-15-23(28-5-2)24(16-18)29-6-3/h7-16,21H,4-6,17H2,1-3H3,(H,26,27)/t21-/m1/s1. The minimum Gasteiger partial charge on any atom is -0.490 e. The molecule has 0 aliphatic rings. The number of hydrogen-bond donors (Lipinski definition) is 1. The molecule has 0 unspecified atom stereocenters. The number of amides is 1. The Kier molecular flexibility index (Phi) is 7.55. The molecular weight excluding hydrogens is 378 g/mol. The van der Waals surface area contributed by atoms with Gasteiger partial charge < -0.3 is 19.5 Å². The first-order valence-electron chi connectivity index (χ1n) is 10.5. The van der Waals surface area contributed by atoms with Crippen LogP contribution in [0.25, 0.3) is 10.8 Å². The largest absolute Gasteiger partial charge is 0.490 e. The minimum atomic E-state index is -0.565. The summed E-state index contributed by atoms with van der Waals surface area (Å²) in [5.41, 5.74) is 0.940. The third-order valence-corrected chi connectivity index (χ3v) is 4.76. The average molecular weight is 408 g/mol. The first kappa shape index (κ1) is 21.5. The molecule has 5 nitrogen and oxygen atoms in total. The molecule has 1 N–H and O–H groups in total. The zero-order chi connectivity index (χ0) is 21.3. The summed E-state index contributed by atoms with van der Waals surface area (Å²) in [7, 11) is 0. The smallest absolute Gasteiger partial charge is 0.261 e. The van der Waals surface area contributed by atoms with E-state index in [1.807, 2.05) is 81.4 Å². The summed E-state index contributed by atoms with van der Waals surface area (Å²) < 4.78 is 17.3. The Bertz CT molecular complexity index is 981. The van der Waals surface area contributed by atoms with Gasteiger partial charge in [0, 0.05) is 11.9 Å². The van der Waals surface area contributed by atoms with Gasteiger partial charge in [-0.3, -0.25) is 4.79 Å². The molecule has 1 amide bonds. The molecule has 0 heterocycles. The van der Waals surface area contributed by atoms with Crippen LogP contribution in [0.5, 0.6) is 17.2 Å². The van der Waals surface area contributed by atoms with Crippen LogP contribution in [0.3, 0.4) is 0 Å². The van der Waals surface area contributed by atoms with Crippen LogP contribution in [0.4, 0.5) is 0 Å². The second-order valence-corrected chi connectivity index (χ2v) is 6.86. The minimum absolute atomic E-state index is 0.141. The average Bonchev–Trinajstić information content (AvgIpc) is 2.77. The van der Waals surface area contributed by atoms with E-state index in [2.05, 4.69) is 5.32 Å². The maximum Gasteiger partial charge on any atom is 0.261 e. The van der Waals surface area contributed by atoms with Gasteiger partial charge >= 0.3 is 0 Å². The van der Waals surface area contributed by atoms with Gasteiger partial charge in [-0.25, -0.2) is 0 Å². The summed E-state index contributed by atoms with van der Waals surface area (Å²) in [6.45, 7) is 7.32. The second-order valence-electron chi connectivity index (χ2n) is 6.86. The van der Waals surface area contributed by atoms with Gasteiger partial charge in [0.2, 0.25) is 0 Å². The molecule has 30 heavy (non-hydrogen) atoms. The van der Waals surface area contributed by atoms with E-state index in [0.717, 1.165) is 22.1 Å². The van der Waals surface area contributed by atoms with Crippen molar-refractivity contribution in [1.29, 1.82) is 0 Å². The van der Waals surface area contributed by atoms with E-state index < -0.39 is 6.10 Å². The molecule has 0 radical (unpaired) electrons. The normalized spacial score (nSPS) is 11.7. The maximum absolute atomic E-state index is 12.8. The van der Waals surface area contributed by atoms with Gasteiger partial charge in [0.15, 0.2) is 17.6 Å². The van der Waals surface area contributed by atoms with Gasteiger partial charge in [0.1, 0.15) is 5.75 Å². The number of rotatable bonds is 10. The third-order valence-electron chi connectivity index (χ3n) is 4.76. The van der Waals surface area contributed by atoms with Crippen LogP contribution in [-0.4, -0.2) is 25.2 Å². The van der Waals surface area contributed by atoms with Crippen LogP contribution in [0.1, 0.15) is 32.8 Å². The molecule has 0 aromatic heterocycles. The predicted molar refractivity (Wildman–Crippen MR) is 119 cm³/mol. The summed E-state index contributed by atoms with van der Waals surface area (Å²) >= 11 is 0. The molecule has 0 spiro atoms. The summed E-state index contributed by atoms with van der Waals surface area (Å²) in [4.78, 5) is 12.8. The highest BCUT2D eigenvalue weighted by atomic mass is 16.5. The highest BCUT2D eigenvalue weighted by molar-refractivity contribution is 5.89. The highest BCUT2D eigenvalue weighted by Gasteiger charge is 2.19. The Morgan fingerprint density at radius 3 is 2.37 bits per heavy atom. The van der Waals surface area contributed by atoms with Gasteiger partial charge in [-0.1, -0.05) is 49.4 Å². The first-order valence-corrected chi connectivity index (χ1v) is 10.5. The summed E-state index contributed by atoms with van der Waals surface area (Å²) in [5.74, 6) is 1.97. The van der Waals surface area contributed by atoms with Crippen LogP contribution >= 0.6 is 0 Å². The molecule has 158 valence electrons. The van der Waals surface area contributed by atoms with Crippen molar-refractivity contribution < 1.29 is 19.0 Å². The predicted octanol–water partition coefficient (Wildman–Crippen LogP) is 5.11. The number of nitrogens with one attached hydrogen (secondary N) is 1. The fourth-order valence-electron chi connectivity index (χ4n) is 3.28. The fourth-order valence-corrected chi connectivity index (χ4v) is 3.28. The van der Waals surface area contributed by atoms with Crippen LogP contribution in [0, 0.1) is 0 Å². The molecule has 0 bridgehead atoms. The SMILES string of the molecule is CCOc1ccc(CNC(=O)[C@@H](CC)Oc2cccc3ccccc23)cc1OCC. The molecule has 3 aromatic rings. The van der Waals surface area contributed by atoms with E-state index in [4.69, 9.17) is 14.2 Å². The second kappa shape index (κ2) is 10.5. The van der Waals surface area contributed by atoms with E-state index in [-0.39, 0.29) is 5.91 Å². The van der Waals surface area contributed by atoms with E-state index in [9.17, 15) is 4.79 Å². The lowest BCUT2D eigenvalue weighted by molar-refractivity contribution is -0.128. The molecule has 0 fully saturated rings. The van der Waals surface area contributed by atoms with Gasteiger partial charge in [0.25, 0.3) is 5.91 Å². The van der Waals surface area contributed by atoms with Crippen molar-refractivity contribution in [3.63, 3.8) is 0 Å². The van der Waals surface area contributed by atoms with Gasteiger partial charge in [-0.05, 0) is 49.4 Å². The number of carbonyl (C=O) groups excluding carboxylic acids is 1. The molecule has 0 aliphatic heterocycles.